The number of halogens is 3. The lowest BCUT2D eigenvalue weighted by molar-refractivity contribution is -0.206. The Balaban J connectivity index is 2.08. The first-order chi connectivity index (χ1) is 15.2. The summed E-state index contributed by atoms with van der Waals surface area (Å²) in [4.78, 5) is 32.6. The second-order valence-electron chi connectivity index (χ2n) is 8.45. The van der Waals surface area contributed by atoms with Crippen molar-refractivity contribution in [3.05, 3.63) is 52.6 Å². The van der Waals surface area contributed by atoms with Crippen LogP contribution in [0.2, 0.25) is 0 Å². The molecule has 0 fully saturated rings. The van der Waals surface area contributed by atoms with E-state index in [0.29, 0.717) is 5.39 Å². The molecule has 9 nitrogen and oxygen atoms in total. The highest BCUT2D eigenvalue weighted by Crippen LogP contribution is 2.33. The molecule has 1 atom stereocenters. The van der Waals surface area contributed by atoms with E-state index in [1.807, 2.05) is 20.8 Å². The fraction of sp³-hybridized carbons (Fsp3) is 0.333. The number of primary amides is 1. The second kappa shape index (κ2) is 8.70. The van der Waals surface area contributed by atoms with Gasteiger partial charge in [0.25, 0.3) is 5.56 Å². The van der Waals surface area contributed by atoms with Crippen molar-refractivity contribution in [3.8, 4) is 0 Å². The molecule has 0 aliphatic carbocycles. The minimum Gasteiger partial charge on any atom is -0.379 e. The Hall–Kier alpha value is -3.67. The molecule has 33 heavy (non-hydrogen) atoms. The molecule has 3 rings (SSSR count). The van der Waals surface area contributed by atoms with Gasteiger partial charge in [0.05, 0.1) is 5.39 Å². The maximum absolute atomic E-state index is 13.0. The van der Waals surface area contributed by atoms with Crippen molar-refractivity contribution in [2.45, 2.75) is 45.1 Å². The number of nitrogens with zero attached hydrogens (tertiary/aromatic N) is 3. The molecule has 0 saturated carbocycles. The zero-order chi connectivity index (χ0) is 24.6. The normalized spacial score (nSPS) is 13.1. The third-order valence-corrected chi connectivity index (χ3v) is 4.44. The van der Waals surface area contributed by atoms with E-state index in [4.69, 9.17) is 5.73 Å². The predicted octanol–water partition coefficient (Wildman–Crippen LogP) is 2.83. The number of aromatic nitrogens is 3. The van der Waals surface area contributed by atoms with Crippen LogP contribution in [0.5, 0.6) is 0 Å². The number of nitrogens with one attached hydrogen (secondary N) is 2. The van der Waals surface area contributed by atoms with Gasteiger partial charge in [-0.25, -0.2) is 9.97 Å². The van der Waals surface area contributed by atoms with E-state index >= 15 is 0 Å². The molecule has 3 aromatic heterocycles. The van der Waals surface area contributed by atoms with Crippen molar-refractivity contribution >= 4 is 34.1 Å². The smallest absolute Gasteiger partial charge is 0.379 e. The molecule has 3 aromatic rings. The lowest BCUT2D eigenvalue weighted by Crippen LogP contribution is -2.30. The number of alkyl halides is 3. The summed E-state index contributed by atoms with van der Waals surface area (Å²) in [5, 5.41) is 16.1. The Labute approximate surface area is 186 Å². The van der Waals surface area contributed by atoms with Crippen molar-refractivity contribution in [1.82, 2.24) is 14.5 Å². The molecule has 0 aliphatic rings. The molecule has 176 valence electrons. The third kappa shape index (κ3) is 5.77. The zero-order valence-corrected chi connectivity index (χ0v) is 18.1. The van der Waals surface area contributed by atoms with Crippen LogP contribution in [0.4, 0.5) is 30.6 Å². The summed E-state index contributed by atoms with van der Waals surface area (Å²) in [6.07, 6.45) is -4.94. The van der Waals surface area contributed by atoms with Gasteiger partial charge in [-0.05, 0) is 56.0 Å². The van der Waals surface area contributed by atoms with E-state index in [1.165, 1.54) is 12.3 Å². The van der Waals surface area contributed by atoms with E-state index in [1.54, 1.807) is 6.07 Å². The number of fused-ring (bicyclic) bond motifs is 1. The highest BCUT2D eigenvalue weighted by atomic mass is 19.4. The molecule has 0 saturated heterocycles. The van der Waals surface area contributed by atoms with Crippen molar-refractivity contribution < 1.29 is 23.1 Å². The molecular formula is C21H23F3N6O3. The van der Waals surface area contributed by atoms with Gasteiger partial charge in [-0.1, -0.05) is 0 Å². The molecule has 12 heteroatoms. The van der Waals surface area contributed by atoms with Crippen LogP contribution in [0, 0.1) is 0 Å². The van der Waals surface area contributed by atoms with Crippen molar-refractivity contribution in [3.63, 3.8) is 0 Å². The molecule has 0 aliphatic heterocycles. The minimum absolute atomic E-state index is 0.0198. The highest BCUT2D eigenvalue weighted by molar-refractivity contribution is 5.93. The predicted molar refractivity (Wildman–Crippen MR) is 117 cm³/mol. The first-order valence-electron chi connectivity index (χ1n) is 9.83. The van der Waals surface area contributed by atoms with E-state index in [-0.39, 0.29) is 34.9 Å². The van der Waals surface area contributed by atoms with Crippen molar-refractivity contribution in [2.24, 2.45) is 5.73 Å². The van der Waals surface area contributed by atoms with Crippen LogP contribution in [-0.2, 0) is 11.3 Å². The van der Waals surface area contributed by atoms with Gasteiger partial charge in [-0.2, -0.15) is 13.2 Å². The molecular weight excluding hydrogens is 441 g/mol. The average molecular weight is 464 g/mol. The summed E-state index contributed by atoms with van der Waals surface area (Å²) in [6, 6.07) is 5.24. The number of amides is 1. The van der Waals surface area contributed by atoms with E-state index in [0.717, 1.165) is 22.9 Å². The summed E-state index contributed by atoms with van der Waals surface area (Å²) in [6.45, 7) is 5.27. The fourth-order valence-corrected chi connectivity index (χ4v) is 3.11. The number of nitrogens with two attached hydrogens (primary N) is 1. The van der Waals surface area contributed by atoms with Crippen LogP contribution in [0.25, 0.3) is 10.8 Å². The van der Waals surface area contributed by atoms with Gasteiger partial charge < -0.3 is 26.0 Å². The number of hydrogen-bond acceptors (Lipinski definition) is 7. The van der Waals surface area contributed by atoms with E-state index in [9.17, 15) is 27.9 Å². The number of pyridine rings is 3. The average Bonchev–Trinajstić information content (AvgIpc) is 2.67. The first-order valence-corrected chi connectivity index (χ1v) is 9.83. The monoisotopic (exact) mass is 464 g/mol. The molecule has 0 aromatic carbocycles. The van der Waals surface area contributed by atoms with Crippen molar-refractivity contribution in [1.29, 1.82) is 0 Å². The quantitative estimate of drug-likeness (QED) is 0.441. The van der Waals surface area contributed by atoms with Crippen LogP contribution >= 0.6 is 0 Å². The number of aliphatic hydroxyl groups excluding tert-OH is 1. The Bertz CT molecular complexity index is 1250. The van der Waals surface area contributed by atoms with Crippen molar-refractivity contribution in [2.75, 3.05) is 10.6 Å². The lowest BCUT2D eigenvalue weighted by Gasteiger charge is -2.23. The van der Waals surface area contributed by atoms with Gasteiger partial charge in [0.2, 0.25) is 5.91 Å². The first kappa shape index (κ1) is 24.0. The van der Waals surface area contributed by atoms with E-state index in [2.05, 4.69) is 20.6 Å². The number of carbonyl (C=O) groups excluding carboxylic acids is 1. The summed E-state index contributed by atoms with van der Waals surface area (Å²) in [5.74, 6) is -0.253. The van der Waals surface area contributed by atoms with Gasteiger partial charge in [0, 0.05) is 17.9 Å². The topological polar surface area (TPSA) is 135 Å². The molecule has 0 bridgehead atoms. The second-order valence-corrected chi connectivity index (χ2v) is 8.45. The van der Waals surface area contributed by atoms with Crippen LogP contribution < -0.4 is 21.9 Å². The highest BCUT2D eigenvalue weighted by Gasteiger charge is 2.39. The minimum atomic E-state index is -4.82. The number of hydrogen-bond donors (Lipinski definition) is 4. The summed E-state index contributed by atoms with van der Waals surface area (Å²) in [5.41, 5.74) is 3.85. The van der Waals surface area contributed by atoms with Gasteiger partial charge in [-0.3, -0.25) is 9.59 Å². The Morgan fingerprint density at radius 2 is 1.91 bits per heavy atom. The van der Waals surface area contributed by atoms with Crippen LogP contribution in [-0.4, -0.2) is 37.3 Å². The number of aliphatic hydroxyl groups is 1. The maximum Gasteiger partial charge on any atom is 0.418 e. The maximum atomic E-state index is 13.0. The van der Waals surface area contributed by atoms with Crippen LogP contribution in [0.15, 0.2) is 41.5 Å². The molecule has 1 amide bonds. The SMILES string of the molecule is CC(C)(C)Nc1nc(Nc2cc(C(O)C(F)(F)F)ccn2)cc2ccn(CC(N)=O)c(=O)c12. The third-order valence-electron chi connectivity index (χ3n) is 4.44. The van der Waals surface area contributed by atoms with Gasteiger partial charge in [-0.15, -0.1) is 0 Å². The van der Waals surface area contributed by atoms with Crippen LogP contribution in [0.3, 0.4) is 0 Å². The molecule has 0 radical (unpaired) electrons. The summed E-state index contributed by atoms with van der Waals surface area (Å²) in [7, 11) is 0. The van der Waals surface area contributed by atoms with Crippen LogP contribution in [0.1, 0.15) is 32.4 Å². The lowest BCUT2D eigenvalue weighted by atomic mass is 10.1. The molecule has 0 spiro atoms. The molecule has 1 unspecified atom stereocenters. The summed E-state index contributed by atoms with van der Waals surface area (Å²) >= 11 is 0. The molecule has 5 N–H and O–H groups in total. The zero-order valence-electron chi connectivity index (χ0n) is 18.1. The molecule has 3 heterocycles. The number of carbonyl (C=O) groups is 1. The number of rotatable bonds is 6. The van der Waals surface area contributed by atoms with Gasteiger partial charge in [0.1, 0.15) is 24.0 Å². The number of anilines is 3. The van der Waals surface area contributed by atoms with Gasteiger partial charge >= 0.3 is 6.18 Å². The Morgan fingerprint density at radius 3 is 2.52 bits per heavy atom. The van der Waals surface area contributed by atoms with E-state index < -0.39 is 29.3 Å². The largest absolute Gasteiger partial charge is 0.418 e. The fourth-order valence-electron chi connectivity index (χ4n) is 3.11. The Morgan fingerprint density at radius 1 is 1.21 bits per heavy atom. The van der Waals surface area contributed by atoms with Gasteiger partial charge in [0.15, 0.2) is 6.10 Å². The standard InChI is InChI=1S/C21H23F3N6O3/c1-20(2,3)29-18-16-11(5-7-30(19(16)33)10-13(25)31)8-15(28-18)27-14-9-12(4-6-26-14)17(32)21(22,23)24/h4-9,17,32H,10H2,1-3H3,(H2,25,31)(H2,26,27,28,29). The Kier molecular flexibility index (Phi) is 6.32. The summed E-state index contributed by atoms with van der Waals surface area (Å²) < 4.78 is 39.7.